The Hall–Kier alpha value is -9.92. The number of hydrogen-bond acceptors (Lipinski definition) is 36. The zero-order valence-corrected chi connectivity index (χ0v) is 71.3. The van der Waals surface area contributed by atoms with Gasteiger partial charge in [-0.3, -0.25) is 62.3 Å². The molecule has 1 unspecified atom stereocenters. The SMILES string of the molecule is CCC(NC(=O)OCc1c2ccccc2cc2ccccc12)C(=O)NC(COCCC(=O)NC(COCCC(=O)OC)(COCCC(=O)OC)COCCC(=O)OC)(COCCC(=O)NC(COCCC(=O)OC)(COCCC(=O)OC)COCCC(=O)OC)COCCC(=O)NC(COCCC(=O)OC)(COCCC(=O)OC)COCCC(=O)OC. The lowest BCUT2D eigenvalue weighted by Gasteiger charge is -2.36. The van der Waals surface area contributed by atoms with Crippen LogP contribution in [0.2, 0.25) is 0 Å². The van der Waals surface area contributed by atoms with Gasteiger partial charge in [-0.2, -0.15) is 0 Å². The van der Waals surface area contributed by atoms with Crippen molar-refractivity contribution < 1.29 is 171 Å². The topological polar surface area (TPSA) is 502 Å². The number of hydrogen-bond donors (Lipinski definition) is 5. The lowest BCUT2D eigenvalue weighted by molar-refractivity contribution is -0.145. The monoisotopic (exact) mass is 1740 g/mol. The summed E-state index contributed by atoms with van der Waals surface area (Å²) in [5.74, 6) is -8.62. The fraction of sp³-hybridized carbons (Fsp3) is 0.654. The van der Waals surface area contributed by atoms with Gasteiger partial charge in [0.2, 0.25) is 23.6 Å². The Balaban J connectivity index is 2.26. The minimum absolute atomic E-state index is 0.0792. The van der Waals surface area contributed by atoms with Crippen LogP contribution in [0.15, 0.2) is 54.6 Å². The summed E-state index contributed by atoms with van der Waals surface area (Å²) in [6.45, 7) is -7.27. The zero-order valence-electron chi connectivity index (χ0n) is 71.3. The molecule has 0 aliphatic heterocycles. The summed E-state index contributed by atoms with van der Waals surface area (Å²) in [7, 11) is 10.7. The molecular formula is C81H121N5O36. The van der Waals surface area contributed by atoms with Gasteiger partial charge in [0.15, 0.2) is 0 Å². The lowest BCUT2D eigenvalue weighted by Crippen LogP contribution is -2.62. The molecule has 0 fully saturated rings. The lowest BCUT2D eigenvalue weighted by atomic mass is 9.97. The number of alkyl carbamates (subject to hydrolysis) is 1. The van der Waals surface area contributed by atoms with E-state index in [9.17, 15) is 62.3 Å². The smallest absolute Gasteiger partial charge is 0.408 e. The Bertz CT molecular complexity index is 3230. The van der Waals surface area contributed by atoms with Gasteiger partial charge in [-0.25, -0.2) is 4.79 Å². The van der Waals surface area contributed by atoms with Crippen molar-refractivity contribution in [3.05, 3.63) is 60.2 Å². The minimum atomic E-state index is -1.96. The van der Waals surface area contributed by atoms with Crippen LogP contribution in [0, 0.1) is 0 Å². The van der Waals surface area contributed by atoms with E-state index in [0.29, 0.717) is 5.56 Å². The first-order valence-electron chi connectivity index (χ1n) is 39.3. The second kappa shape index (κ2) is 61.4. The number of ether oxygens (including phenoxy) is 22. The predicted octanol–water partition coefficient (Wildman–Crippen LogP) is 1.86. The minimum Gasteiger partial charge on any atom is -0.469 e. The summed E-state index contributed by atoms with van der Waals surface area (Å²) in [4.78, 5) is 182. The zero-order chi connectivity index (χ0) is 89.9. The average Bonchev–Trinajstić information content (AvgIpc) is 0.776. The first-order valence-corrected chi connectivity index (χ1v) is 39.3. The van der Waals surface area contributed by atoms with Gasteiger partial charge in [0.1, 0.15) is 34.8 Å². The third-order valence-corrected chi connectivity index (χ3v) is 17.9. The fourth-order valence-electron chi connectivity index (χ4n) is 11.3. The second-order valence-corrected chi connectivity index (χ2v) is 27.6. The van der Waals surface area contributed by atoms with Crippen molar-refractivity contribution in [1.82, 2.24) is 26.6 Å². The number of esters is 9. The van der Waals surface area contributed by atoms with Crippen molar-refractivity contribution >= 4 is 105 Å². The summed E-state index contributed by atoms with van der Waals surface area (Å²) >= 11 is 0. The highest BCUT2D eigenvalue weighted by Gasteiger charge is 2.40. The maximum Gasteiger partial charge on any atom is 0.408 e. The molecule has 0 saturated heterocycles. The second-order valence-electron chi connectivity index (χ2n) is 27.6. The molecule has 3 rings (SSSR count). The van der Waals surface area contributed by atoms with Crippen molar-refractivity contribution in [3.8, 4) is 0 Å². The number of methoxy groups -OCH3 is 9. The maximum absolute atomic E-state index is 15.2. The van der Waals surface area contributed by atoms with Gasteiger partial charge in [-0.1, -0.05) is 55.5 Å². The van der Waals surface area contributed by atoms with E-state index in [1.807, 2.05) is 54.6 Å². The molecule has 41 heteroatoms. The molecular weight excluding hydrogens is 1620 g/mol. The fourth-order valence-corrected chi connectivity index (χ4v) is 11.3. The van der Waals surface area contributed by atoms with Crippen molar-refractivity contribution in [2.45, 2.75) is 125 Å². The number of amides is 5. The normalized spacial score (nSPS) is 11.8. The van der Waals surface area contributed by atoms with Crippen molar-refractivity contribution in [2.24, 2.45) is 0 Å². The van der Waals surface area contributed by atoms with Crippen LogP contribution in [0.25, 0.3) is 21.5 Å². The van der Waals surface area contributed by atoms with E-state index in [-0.39, 0.29) is 190 Å². The molecule has 5 N–H and O–H groups in total. The van der Waals surface area contributed by atoms with Crippen LogP contribution >= 0.6 is 0 Å². The summed E-state index contributed by atoms with van der Waals surface area (Å²) in [6, 6.07) is 15.6. The predicted molar refractivity (Wildman–Crippen MR) is 426 cm³/mol. The number of benzene rings is 3. The van der Waals surface area contributed by atoms with Gasteiger partial charge in [0.25, 0.3) is 0 Å². The molecule has 686 valence electrons. The number of nitrogens with one attached hydrogen (secondary N) is 5. The highest BCUT2D eigenvalue weighted by atomic mass is 16.6. The Morgan fingerprint density at radius 3 is 0.705 bits per heavy atom. The van der Waals surface area contributed by atoms with Crippen LogP contribution in [0.4, 0.5) is 4.79 Å². The third-order valence-electron chi connectivity index (χ3n) is 17.9. The third kappa shape index (κ3) is 43.7. The molecule has 0 saturated carbocycles. The first kappa shape index (κ1) is 106. The Labute approximate surface area is 708 Å². The van der Waals surface area contributed by atoms with Crippen LogP contribution in [0.3, 0.4) is 0 Å². The molecule has 122 heavy (non-hydrogen) atoms. The Kier molecular flexibility index (Phi) is 53.5. The van der Waals surface area contributed by atoms with E-state index in [1.54, 1.807) is 6.92 Å². The van der Waals surface area contributed by atoms with Crippen molar-refractivity contribution in [2.75, 3.05) is 223 Å². The summed E-state index contributed by atoms with van der Waals surface area (Å²) in [5, 5.41) is 17.5. The summed E-state index contributed by atoms with van der Waals surface area (Å²) in [5.41, 5.74) is -6.11. The number of fused-ring (bicyclic) bond motifs is 2. The van der Waals surface area contributed by atoms with E-state index in [0.717, 1.165) is 21.5 Å². The maximum atomic E-state index is 15.2. The van der Waals surface area contributed by atoms with Gasteiger partial charge in [-0.05, 0) is 34.0 Å². The van der Waals surface area contributed by atoms with E-state index >= 15 is 4.79 Å². The molecule has 0 spiro atoms. The van der Waals surface area contributed by atoms with Crippen LogP contribution in [0.1, 0.15) is 96.0 Å². The van der Waals surface area contributed by atoms with Crippen molar-refractivity contribution in [1.29, 1.82) is 0 Å². The number of carbonyl (C=O) groups is 14. The first-order chi connectivity index (χ1) is 58.7. The van der Waals surface area contributed by atoms with E-state index in [2.05, 4.69) is 26.6 Å². The van der Waals surface area contributed by atoms with Crippen LogP contribution in [-0.4, -0.2) is 334 Å². The van der Waals surface area contributed by atoms with Crippen LogP contribution < -0.4 is 26.6 Å². The molecule has 3 aromatic rings. The number of carbonyl (C=O) groups excluding carboxylic acids is 14. The molecule has 0 bridgehead atoms. The van der Waals surface area contributed by atoms with Crippen LogP contribution in [0.5, 0.6) is 0 Å². The van der Waals surface area contributed by atoms with Crippen LogP contribution in [-0.2, 0) is 173 Å². The molecule has 0 radical (unpaired) electrons. The highest BCUT2D eigenvalue weighted by molar-refractivity contribution is 6.02. The molecule has 0 heterocycles. The largest absolute Gasteiger partial charge is 0.469 e. The highest BCUT2D eigenvalue weighted by Crippen LogP contribution is 2.29. The molecule has 3 aromatic carbocycles. The summed E-state index contributed by atoms with van der Waals surface area (Å²) in [6.07, 6.45) is -4.40. The molecule has 0 aliphatic rings. The van der Waals surface area contributed by atoms with E-state index in [4.69, 9.17) is 104 Å². The van der Waals surface area contributed by atoms with Gasteiger partial charge in [0.05, 0.1) is 280 Å². The molecule has 1 atom stereocenters. The summed E-state index contributed by atoms with van der Waals surface area (Å²) < 4.78 is 121. The Morgan fingerprint density at radius 2 is 0.492 bits per heavy atom. The molecule has 0 aliphatic carbocycles. The standard InChI is InChI=1S/C81H121N5O36/c1-11-63(82-77(100)122-45-62-60-18-14-12-16-58(60)44-59-17-13-15-19-61(59)62)76(99)86-81(55-110-32-20-64(87)83-78(46-113-35-23-67(90)101-2,47-114-36-24-68(91)102-3)48-115-37-25-69(92)103-4,56-111-33-21-65(88)84-79(49-116-38-26-70(93)104-5,50-117-39-27-71(94)105-6)51-118-40-28-72(95)106-7)57-112-34-22-66(89)85-80(52-119-41-29-73(96)107-8,53-120-42-30-74(97)108-9)54-121-43-31-75(98)109-10/h12-19,44,63H,11,20-43,45-57H2,1-10H3,(H,82,100)(H,83,87)(H,84,88)(H,85,89)(H,86,99). The van der Waals surface area contributed by atoms with Gasteiger partial charge in [0, 0.05) is 24.8 Å². The Morgan fingerprint density at radius 1 is 0.287 bits per heavy atom. The molecule has 5 amide bonds. The molecule has 41 nitrogen and oxygen atoms in total. The van der Waals surface area contributed by atoms with E-state index in [1.165, 1.54) is 64.0 Å². The number of rotatable bonds is 69. The van der Waals surface area contributed by atoms with Gasteiger partial charge >= 0.3 is 59.8 Å². The van der Waals surface area contributed by atoms with Gasteiger partial charge in [-0.15, -0.1) is 0 Å². The van der Waals surface area contributed by atoms with Crippen molar-refractivity contribution in [3.63, 3.8) is 0 Å². The van der Waals surface area contributed by atoms with E-state index < -0.39 is 171 Å². The average molecular weight is 1740 g/mol. The molecule has 0 aromatic heterocycles. The van der Waals surface area contributed by atoms with Gasteiger partial charge < -0.3 is 131 Å². The quantitative estimate of drug-likeness (QED) is 0.0233.